The van der Waals surface area contributed by atoms with Crippen LogP contribution in [-0.2, 0) is 4.79 Å². The van der Waals surface area contributed by atoms with E-state index in [1.54, 1.807) is 0 Å². The van der Waals surface area contributed by atoms with Crippen LogP contribution < -0.4 is 5.32 Å². The van der Waals surface area contributed by atoms with Crippen molar-refractivity contribution in [1.29, 1.82) is 0 Å². The molecule has 1 amide bonds. The first kappa shape index (κ1) is 18.6. The van der Waals surface area contributed by atoms with Crippen molar-refractivity contribution in [3.05, 3.63) is 59.5 Å². The number of likely N-dealkylation sites (tertiary alicyclic amines) is 1. The van der Waals surface area contributed by atoms with Crippen molar-refractivity contribution >= 4 is 17.2 Å². The van der Waals surface area contributed by atoms with E-state index >= 15 is 0 Å². The van der Waals surface area contributed by atoms with Crippen molar-refractivity contribution < 1.29 is 4.79 Å². The second-order valence-electron chi connectivity index (χ2n) is 7.78. The Hall–Kier alpha value is -2.73. The van der Waals surface area contributed by atoms with E-state index in [0.29, 0.717) is 5.92 Å². The Morgan fingerprint density at radius 2 is 1.93 bits per heavy atom. The van der Waals surface area contributed by atoms with Gasteiger partial charge in [-0.2, -0.15) is 0 Å². The first-order chi connectivity index (χ1) is 13.5. The molecule has 3 heterocycles. The fraction of sp³-hybridized carbons (Fsp3) is 0.409. The third-order valence-electron chi connectivity index (χ3n) is 5.80. The van der Waals surface area contributed by atoms with Gasteiger partial charge < -0.3 is 5.32 Å². The van der Waals surface area contributed by atoms with Crippen LogP contribution in [0.5, 0.6) is 0 Å². The molecule has 4 rings (SSSR count). The molecule has 1 saturated heterocycles. The van der Waals surface area contributed by atoms with Crippen LogP contribution in [0.2, 0.25) is 0 Å². The summed E-state index contributed by atoms with van der Waals surface area (Å²) in [6.07, 6.45) is 3.99. The number of rotatable bonds is 4. The number of aromatic nitrogens is 3. The van der Waals surface area contributed by atoms with E-state index in [-0.39, 0.29) is 11.9 Å². The van der Waals surface area contributed by atoms with E-state index < -0.39 is 0 Å². The second kappa shape index (κ2) is 7.72. The number of amides is 1. The van der Waals surface area contributed by atoms with E-state index in [9.17, 15) is 4.79 Å². The molecule has 6 nitrogen and oxygen atoms in total. The van der Waals surface area contributed by atoms with Crippen LogP contribution in [0.15, 0.2) is 42.6 Å². The third-order valence-corrected chi connectivity index (χ3v) is 5.80. The maximum atomic E-state index is 12.8. The van der Waals surface area contributed by atoms with Crippen LogP contribution in [0, 0.1) is 13.8 Å². The first-order valence-electron chi connectivity index (χ1n) is 9.95. The quantitative estimate of drug-likeness (QED) is 0.755. The molecule has 1 aliphatic rings. The average molecular weight is 377 g/mol. The van der Waals surface area contributed by atoms with Gasteiger partial charge in [0.1, 0.15) is 5.82 Å². The number of hydrogen-bond acceptors (Lipinski definition) is 4. The van der Waals surface area contributed by atoms with Crippen LogP contribution in [0.4, 0.5) is 5.69 Å². The number of aryl methyl sites for hydroxylation is 2. The molecule has 0 aliphatic carbocycles. The minimum atomic E-state index is -0.156. The summed E-state index contributed by atoms with van der Waals surface area (Å²) >= 11 is 0. The number of carbonyl (C=O) groups excluding carboxylic acids is 1. The lowest BCUT2D eigenvalue weighted by atomic mass is 9.95. The number of anilines is 1. The molecule has 6 heteroatoms. The Morgan fingerprint density at radius 1 is 1.14 bits per heavy atom. The van der Waals surface area contributed by atoms with Crippen molar-refractivity contribution in [1.82, 2.24) is 19.5 Å². The number of hydrogen-bond donors (Lipinski definition) is 1. The highest BCUT2D eigenvalue weighted by atomic mass is 16.2. The molecule has 0 bridgehead atoms. The summed E-state index contributed by atoms with van der Waals surface area (Å²) in [5.74, 6) is 1.46. The number of benzene rings is 1. The van der Waals surface area contributed by atoms with Crippen molar-refractivity contribution in [3.63, 3.8) is 0 Å². The molecule has 2 aromatic heterocycles. The van der Waals surface area contributed by atoms with Crippen LogP contribution in [-0.4, -0.2) is 44.5 Å². The number of nitrogens with one attached hydrogen (secondary N) is 1. The Labute approximate surface area is 165 Å². The average Bonchev–Trinajstić information content (AvgIpc) is 3.14. The molecule has 146 valence electrons. The van der Waals surface area contributed by atoms with E-state index in [4.69, 9.17) is 0 Å². The smallest absolute Gasteiger partial charge is 0.241 e. The van der Waals surface area contributed by atoms with Gasteiger partial charge in [0, 0.05) is 17.8 Å². The monoisotopic (exact) mass is 377 g/mol. The predicted molar refractivity (Wildman–Crippen MR) is 111 cm³/mol. The molecular weight excluding hydrogens is 350 g/mol. The van der Waals surface area contributed by atoms with Gasteiger partial charge in [0.25, 0.3) is 0 Å². The Bertz CT molecular complexity index is 988. The number of piperidine rings is 1. The fourth-order valence-electron chi connectivity index (χ4n) is 4.04. The minimum absolute atomic E-state index is 0.0540. The number of fused-ring (bicyclic) bond motifs is 1. The molecule has 0 spiro atoms. The second-order valence-corrected chi connectivity index (χ2v) is 7.78. The van der Waals surface area contributed by atoms with Crippen LogP contribution in [0.25, 0.3) is 5.65 Å². The normalized spacial score (nSPS) is 17.0. The molecule has 1 unspecified atom stereocenters. The van der Waals surface area contributed by atoms with E-state index in [2.05, 4.69) is 37.8 Å². The molecule has 0 saturated carbocycles. The molecule has 1 aliphatic heterocycles. The van der Waals surface area contributed by atoms with Crippen molar-refractivity contribution in [2.75, 3.05) is 18.4 Å². The lowest BCUT2D eigenvalue weighted by Gasteiger charge is -2.34. The number of pyridine rings is 1. The topological polar surface area (TPSA) is 62.5 Å². The van der Waals surface area contributed by atoms with E-state index in [1.165, 1.54) is 5.56 Å². The fourth-order valence-corrected chi connectivity index (χ4v) is 4.04. The van der Waals surface area contributed by atoms with Gasteiger partial charge in [0.2, 0.25) is 5.91 Å². The summed E-state index contributed by atoms with van der Waals surface area (Å²) in [6.45, 7) is 7.85. The summed E-state index contributed by atoms with van der Waals surface area (Å²) in [7, 11) is 0. The predicted octanol–water partition coefficient (Wildman–Crippen LogP) is 3.55. The molecule has 0 radical (unpaired) electrons. The summed E-state index contributed by atoms with van der Waals surface area (Å²) < 4.78 is 2.08. The highest BCUT2D eigenvalue weighted by Gasteiger charge is 2.29. The highest BCUT2D eigenvalue weighted by molar-refractivity contribution is 5.95. The van der Waals surface area contributed by atoms with Gasteiger partial charge in [0.05, 0.1) is 6.04 Å². The maximum absolute atomic E-state index is 12.8. The van der Waals surface area contributed by atoms with Gasteiger partial charge in [0.15, 0.2) is 5.65 Å². The zero-order valence-corrected chi connectivity index (χ0v) is 16.7. The molecule has 1 atom stereocenters. The Balaban J connectivity index is 1.38. The van der Waals surface area contributed by atoms with Crippen LogP contribution >= 0.6 is 0 Å². The Morgan fingerprint density at radius 3 is 2.68 bits per heavy atom. The highest BCUT2D eigenvalue weighted by Crippen LogP contribution is 2.28. The largest absolute Gasteiger partial charge is 0.324 e. The lowest BCUT2D eigenvalue weighted by Crippen LogP contribution is -2.46. The summed E-state index contributed by atoms with van der Waals surface area (Å²) in [5, 5.41) is 11.8. The van der Waals surface area contributed by atoms with Crippen LogP contribution in [0.1, 0.15) is 42.6 Å². The third kappa shape index (κ3) is 3.64. The van der Waals surface area contributed by atoms with Crippen molar-refractivity contribution in [3.8, 4) is 0 Å². The maximum Gasteiger partial charge on any atom is 0.241 e. The van der Waals surface area contributed by atoms with Gasteiger partial charge in [-0.15, -0.1) is 10.2 Å². The van der Waals surface area contributed by atoms with Crippen molar-refractivity contribution in [2.45, 2.75) is 45.6 Å². The van der Waals surface area contributed by atoms with E-state index in [1.807, 2.05) is 50.4 Å². The number of nitrogens with zero attached hydrogens (tertiary/aromatic N) is 4. The van der Waals surface area contributed by atoms with Gasteiger partial charge in [-0.05, 0) is 70.5 Å². The number of carbonyl (C=O) groups is 1. The molecule has 1 fully saturated rings. The zero-order valence-electron chi connectivity index (χ0n) is 16.7. The molecular formula is C22H27N5O. The first-order valence-corrected chi connectivity index (χ1v) is 9.95. The van der Waals surface area contributed by atoms with Gasteiger partial charge in [-0.1, -0.05) is 23.8 Å². The Kier molecular flexibility index (Phi) is 5.13. The zero-order chi connectivity index (χ0) is 19.7. The van der Waals surface area contributed by atoms with E-state index in [0.717, 1.165) is 48.7 Å². The molecule has 1 N–H and O–H groups in total. The summed E-state index contributed by atoms with van der Waals surface area (Å²) in [6, 6.07) is 11.9. The van der Waals surface area contributed by atoms with Gasteiger partial charge in [-0.25, -0.2) is 0 Å². The lowest BCUT2D eigenvalue weighted by molar-refractivity contribution is -0.121. The SMILES string of the molecule is Cc1ccc(NC(=O)C(C)N2CCC(c3nnc4ccccn34)CC2)c(C)c1. The van der Waals surface area contributed by atoms with Crippen molar-refractivity contribution in [2.24, 2.45) is 0 Å². The molecule has 28 heavy (non-hydrogen) atoms. The molecule has 3 aromatic rings. The summed E-state index contributed by atoms with van der Waals surface area (Å²) in [5.41, 5.74) is 4.08. The van der Waals surface area contributed by atoms with Gasteiger partial charge >= 0.3 is 0 Å². The molecule has 1 aromatic carbocycles. The minimum Gasteiger partial charge on any atom is -0.324 e. The standard InChI is InChI=1S/C22H27N5O/c1-15-7-8-19(16(2)14-15)23-22(28)17(3)26-12-9-18(10-13-26)21-25-24-20-6-4-5-11-27(20)21/h4-8,11,14,17-18H,9-10,12-13H2,1-3H3,(H,23,28). The van der Waals surface area contributed by atoms with Gasteiger partial charge in [-0.3, -0.25) is 14.1 Å². The summed E-state index contributed by atoms with van der Waals surface area (Å²) in [4.78, 5) is 15.0. The van der Waals surface area contributed by atoms with Crippen LogP contribution in [0.3, 0.4) is 0 Å².